The van der Waals surface area contributed by atoms with Gasteiger partial charge in [-0.25, -0.2) is 0 Å². The molecule has 0 aliphatic heterocycles. The van der Waals surface area contributed by atoms with Crippen LogP contribution in [0.4, 0.5) is 0 Å². The van der Waals surface area contributed by atoms with Crippen LogP contribution in [0.25, 0.3) is 0 Å². The summed E-state index contributed by atoms with van der Waals surface area (Å²) in [7, 11) is 0. The molecule has 0 aliphatic rings. The van der Waals surface area contributed by atoms with Crippen LogP contribution in [0, 0.1) is 0 Å². The van der Waals surface area contributed by atoms with Crippen LogP contribution in [0.3, 0.4) is 0 Å². The van der Waals surface area contributed by atoms with E-state index in [2.05, 4.69) is 6.92 Å². The summed E-state index contributed by atoms with van der Waals surface area (Å²) in [5, 5.41) is 0. The molecule has 0 unspecified atom stereocenters. The Labute approximate surface area is 151 Å². The fraction of sp³-hybridized carbons (Fsp3) is 1.00. The summed E-state index contributed by atoms with van der Waals surface area (Å²) in [6, 6.07) is 0. The zero-order chi connectivity index (χ0) is 14.0. The van der Waals surface area contributed by atoms with E-state index >= 15 is 0 Å². The molecule has 0 bridgehead atoms. The first-order chi connectivity index (χ1) is 9.41. The molecule has 117 valence electrons. The van der Waals surface area contributed by atoms with Gasteiger partial charge in [-0.05, 0) is 13.0 Å². The first-order valence-electron chi connectivity index (χ1n) is 9.12. The number of hydrogen-bond donors (Lipinski definition) is 1. The van der Waals surface area contributed by atoms with Crippen molar-refractivity contribution in [2.75, 3.05) is 6.54 Å². The molecule has 2 N–H and O–H groups in total. The van der Waals surface area contributed by atoms with Crippen molar-refractivity contribution in [3.8, 4) is 0 Å². The van der Waals surface area contributed by atoms with Crippen molar-refractivity contribution in [2.24, 2.45) is 5.73 Å². The first-order valence-corrected chi connectivity index (χ1v) is 9.12. The van der Waals surface area contributed by atoms with E-state index in [4.69, 9.17) is 5.73 Å². The van der Waals surface area contributed by atoms with Gasteiger partial charge in [0.1, 0.15) is 0 Å². The zero-order valence-electron chi connectivity index (χ0n) is 14.6. The third-order valence-electron chi connectivity index (χ3n) is 4.06. The Morgan fingerprint density at radius 3 is 0.950 bits per heavy atom. The van der Waals surface area contributed by atoms with Crippen molar-refractivity contribution < 1.29 is 0 Å². The number of hydrogen-bond acceptors (Lipinski definition) is 1. The van der Waals surface area contributed by atoms with Crippen LogP contribution < -0.4 is 5.73 Å². The normalized spacial score (nSPS) is 10.5. The molecule has 1 radical (unpaired) electrons. The molecule has 0 aliphatic carbocycles. The summed E-state index contributed by atoms with van der Waals surface area (Å²) in [5.41, 5.74) is 5.48. The Hall–Kier alpha value is 0.960. The molecule has 20 heavy (non-hydrogen) atoms. The third-order valence-corrected chi connectivity index (χ3v) is 4.06. The minimum Gasteiger partial charge on any atom is -0.330 e. The van der Waals surface area contributed by atoms with E-state index < -0.39 is 0 Å². The van der Waals surface area contributed by atoms with E-state index in [-0.39, 0.29) is 29.6 Å². The first kappa shape index (κ1) is 23.2. The molecule has 0 rings (SSSR count). The predicted molar refractivity (Wildman–Crippen MR) is 94.4 cm³/mol. The number of unbranched alkanes of at least 4 members (excludes halogenated alkanes) is 15. The van der Waals surface area contributed by atoms with Gasteiger partial charge < -0.3 is 5.73 Å². The van der Waals surface area contributed by atoms with Crippen LogP contribution in [-0.4, -0.2) is 36.1 Å². The van der Waals surface area contributed by atoms with Crippen molar-refractivity contribution in [2.45, 2.75) is 110 Å². The van der Waals surface area contributed by atoms with Crippen LogP contribution in [0.15, 0.2) is 0 Å². The average Bonchev–Trinajstić information content (AvgIpc) is 2.43. The summed E-state index contributed by atoms with van der Waals surface area (Å²) in [5.74, 6) is 0. The van der Waals surface area contributed by atoms with E-state index in [1.54, 1.807) is 0 Å². The summed E-state index contributed by atoms with van der Waals surface area (Å²) in [6.07, 6.45) is 22.9. The van der Waals surface area contributed by atoms with Crippen molar-refractivity contribution >= 4 is 29.6 Å². The minimum atomic E-state index is 0. The van der Waals surface area contributed by atoms with Crippen molar-refractivity contribution in [1.82, 2.24) is 0 Å². The molecule has 0 fully saturated rings. The largest absolute Gasteiger partial charge is 0.330 e. The van der Waals surface area contributed by atoms with Gasteiger partial charge >= 0.3 is 0 Å². The van der Waals surface area contributed by atoms with Crippen LogP contribution in [0.5, 0.6) is 0 Å². The molecule has 0 amide bonds. The maximum Gasteiger partial charge on any atom is 0 e. The molecule has 0 heterocycles. The van der Waals surface area contributed by atoms with Gasteiger partial charge in [-0.3, -0.25) is 0 Å². The maximum absolute atomic E-state index is 5.48. The van der Waals surface area contributed by atoms with E-state index in [0.717, 1.165) is 6.54 Å². The smallest absolute Gasteiger partial charge is 0 e. The third kappa shape index (κ3) is 21.3. The molecule has 0 atom stereocenters. The van der Waals surface area contributed by atoms with Gasteiger partial charge in [0.2, 0.25) is 0 Å². The van der Waals surface area contributed by atoms with Gasteiger partial charge in [0, 0.05) is 29.6 Å². The fourth-order valence-electron chi connectivity index (χ4n) is 2.69. The quantitative estimate of drug-likeness (QED) is 0.281. The summed E-state index contributed by atoms with van der Waals surface area (Å²) < 4.78 is 0. The molecule has 0 spiro atoms. The molecule has 1 nitrogen and oxygen atoms in total. The summed E-state index contributed by atoms with van der Waals surface area (Å²) >= 11 is 0. The molecular formula is C18H39NNa. The Balaban J connectivity index is 0. The van der Waals surface area contributed by atoms with Gasteiger partial charge in [0.15, 0.2) is 0 Å². The zero-order valence-corrected chi connectivity index (χ0v) is 16.6. The van der Waals surface area contributed by atoms with Crippen LogP contribution >= 0.6 is 0 Å². The van der Waals surface area contributed by atoms with E-state index in [9.17, 15) is 0 Å². The van der Waals surface area contributed by atoms with Crippen molar-refractivity contribution in [3.05, 3.63) is 0 Å². The maximum atomic E-state index is 5.48. The van der Waals surface area contributed by atoms with E-state index in [1.807, 2.05) is 0 Å². The second-order valence-corrected chi connectivity index (χ2v) is 6.09. The van der Waals surface area contributed by atoms with Gasteiger partial charge in [-0.1, -0.05) is 103 Å². The summed E-state index contributed by atoms with van der Waals surface area (Å²) in [4.78, 5) is 0. The monoisotopic (exact) mass is 292 g/mol. The van der Waals surface area contributed by atoms with Crippen LogP contribution in [0.2, 0.25) is 0 Å². The van der Waals surface area contributed by atoms with Crippen LogP contribution in [-0.2, 0) is 0 Å². The van der Waals surface area contributed by atoms with Gasteiger partial charge in [-0.15, -0.1) is 0 Å². The van der Waals surface area contributed by atoms with E-state index in [1.165, 1.54) is 103 Å². The topological polar surface area (TPSA) is 26.0 Å². The Kier molecular flexibility index (Phi) is 25.8. The minimum absolute atomic E-state index is 0. The van der Waals surface area contributed by atoms with E-state index in [0.29, 0.717) is 0 Å². The van der Waals surface area contributed by atoms with Gasteiger partial charge in [-0.2, -0.15) is 0 Å². The Morgan fingerprint density at radius 1 is 0.450 bits per heavy atom. The molecule has 0 saturated heterocycles. The molecular weight excluding hydrogens is 253 g/mol. The second kappa shape index (κ2) is 22.2. The average molecular weight is 293 g/mol. The number of nitrogens with two attached hydrogens (primary N) is 1. The summed E-state index contributed by atoms with van der Waals surface area (Å²) in [6.45, 7) is 3.16. The van der Waals surface area contributed by atoms with Gasteiger partial charge in [0.25, 0.3) is 0 Å². The molecule has 2 heteroatoms. The molecule has 0 aromatic heterocycles. The van der Waals surface area contributed by atoms with Crippen molar-refractivity contribution in [3.63, 3.8) is 0 Å². The molecule has 0 saturated carbocycles. The SMILES string of the molecule is CCCCCCCCCCCCCCCCCCN.[Na]. The Morgan fingerprint density at radius 2 is 0.700 bits per heavy atom. The molecule has 0 aromatic carbocycles. The standard InChI is InChI=1S/C18H39N.Na/c1-2-3-4-5-6-7-8-9-10-11-12-13-14-15-16-17-18-19;/h2-19H2,1H3;. The Bertz CT molecular complexity index is 134. The van der Waals surface area contributed by atoms with Gasteiger partial charge in [0.05, 0.1) is 0 Å². The van der Waals surface area contributed by atoms with Crippen LogP contribution in [0.1, 0.15) is 110 Å². The van der Waals surface area contributed by atoms with Crippen molar-refractivity contribution in [1.29, 1.82) is 0 Å². The number of rotatable bonds is 16. The second-order valence-electron chi connectivity index (χ2n) is 6.09. The predicted octanol–water partition coefficient (Wildman–Crippen LogP) is 5.83. The fourth-order valence-corrected chi connectivity index (χ4v) is 2.69. The molecule has 0 aromatic rings.